The normalized spacial score (nSPS) is 21.1. The molecule has 0 radical (unpaired) electrons. The number of nitrogens with zero attached hydrogens (tertiary/aromatic N) is 1. The van der Waals surface area contributed by atoms with E-state index in [1.54, 1.807) is 60.9 Å². The minimum atomic E-state index is -0.296. The third-order valence-corrected chi connectivity index (χ3v) is 7.68. The Morgan fingerprint density at radius 2 is 1.48 bits per heavy atom. The molecular weight excluding hydrogens is 506 g/mol. The van der Waals surface area contributed by atoms with Crippen molar-refractivity contribution in [3.63, 3.8) is 0 Å². The third kappa shape index (κ3) is 6.55. The van der Waals surface area contributed by atoms with Crippen molar-refractivity contribution >= 4 is 17.6 Å². The molecule has 9 heteroatoms. The summed E-state index contributed by atoms with van der Waals surface area (Å²) in [5.41, 5.74) is 2.55. The lowest BCUT2D eigenvalue weighted by molar-refractivity contribution is 0.0882. The van der Waals surface area contributed by atoms with E-state index in [1.807, 2.05) is 6.07 Å². The first kappa shape index (κ1) is 27.5. The monoisotopic (exact) mass is 541 g/mol. The number of phenols is 1. The Hall–Kier alpha value is -4.08. The number of hydrogen-bond donors (Lipinski definition) is 5. The van der Waals surface area contributed by atoms with Gasteiger partial charge in [-0.2, -0.15) is 0 Å². The van der Waals surface area contributed by atoms with E-state index in [4.69, 9.17) is 0 Å². The molecule has 2 aromatic carbocycles. The molecule has 0 bridgehead atoms. The number of piperidine rings is 1. The van der Waals surface area contributed by atoms with Crippen molar-refractivity contribution in [1.29, 1.82) is 0 Å². The highest BCUT2D eigenvalue weighted by Crippen LogP contribution is 2.29. The van der Waals surface area contributed by atoms with Gasteiger partial charge in [-0.05, 0) is 80.7 Å². The van der Waals surface area contributed by atoms with Crippen molar-refractivity contribution < 1.29 is 19.5 Å². The number of ketones is 1. The van der Waals surface area contributed by atoms with Gasteiger partial charge in [-0.1, -0.05) is 24.6 Å². The molecule has 2 aliphatic rings. The van der Waals surface area contributed by atoms with Gasteiger partial charge in [-0.25, -0.2) is 0 Å². The average Bonchev–Trinajstić information content (AvgIpc) is 3.22. The molecule has 2 amide bonds. The SMILES string of the molecule is O=C(N[C@@H]1CCCNC[C@H]1NC(=O)c1ccncc1)c1ccc(C(=O)c2cc(C3CCCCN3)ccc2O)cc1. The van der Waals surface area contributed by atoms with Gasteiger partial charge in [0, 0.05) is 41.7 Å². The van der Waals surface area contributed by atoms with Crippen LogP contribution in [0.5, 0.6) is 5.75 Å². The highest BCUT2D eigenvalue weighted by atomic mass is 16.3. The molecule has 0 saturated carbocycles. The number of rotatable bonds is 7. The maximum Gasteiger partial charge on any atom is 0.251 e. The number of hydrogen-bond acceptors (Lipinski definition) is 7. The summed E-state index contributed by atoms with van der Waals surface area (Å²) in [6.45, 7) is 2.28. The quantitative estimate of drug-likeness (QED) is 0.290. The Balaban J connectivity index is 1.26. The molecule has 1 unspecified atom stereocenters. The van der Waals surface area contributed by atoms with Crippen molar-refractivity contribution in [3.05, 3.63) is 94.8 Å². The number of phenolic OH excluding ortho intramolecular Hbond substituents is 1. The van der Waals surface area contributed by atoms with E-state index in [0.29, 0.717) is 29.7 Å². The van der Waals surface area contributed by atoms with E-state index >= 15 is 0 Å². The maximum atomic E-state index is 13.3. The fourth-order valence-electron chi connectivity index (χ4n) is 5.40. The van der Waals surface area contributed by atoms with Gasteiger partial charge in [0.25, 0.3) is 11.8 Å². The van der Waals surface area contributed by atoms with Crippen molar-refractivity contribution in [3.8, 4) is 5.75 Å². The molecule has 2 fully saturated rings. The standard InChI is InChI=1S/C31H35N5O4/c37-28-11-10-23(25-4-1-2-15-34-25)18-24(28)29(38)20-6-8-21(9-7-20)30(39)35-26-5-3-14-33-19-27(26)36-31(40)22-12-16-32-17-13-22/h6-13,16-18,25-27,33-34,37H,1-5,14-15,19H2,(H,35,39)(H,36,40)/t25?,26-,27-/m1/s1. The Bertz CT molecular complexity index is 1340. The molecule has 1 aromatic heterocycles. The first-order chi connectivity index (χ1) is 19.5. The molecule has 3 atom stereocenters. The first-order valence-corrected chi connectivity index (χ1v) is 13.9. The van der Waals surface area contributed by atoms with E-state index in [0.717, 1.165) is 44.3 Å². The molecule has 5 rings (SSSR count). The summed E-state index contributed by atoms with van der Waals surface area (Å²) in [7, 11) is 0. The maximum absolute atomic E-state index is 13.3. The number of carbonyl (C=O) groups is 3. The zero-order valence-electron chi connectivity index (χ0n) is 22.4. The van der Waals surface area contributed by atoms with E-state index in [2.05, 4.69) is 26.3 Å². The average molecular weight is 542 g/mol. The minimum absolute atomic E-state index is 0.0618. The predicted molar refractivity (Wildman–Crippen MR) is 151 cm³/mol. The zero-order valence-corrected chi connectivity index (χ0v) is 22.4. The van der Waals surface area contributed by atoms with Gasteiger partial charge in [-0.15, -0.1) is 0 Å². The van der Waals surface area contributed by atoms with Crippen molar-refractivity contribution in [2.45, 2.75) is 50.2 Å². The topological polar surface area (TPSA) is 132 Å². The van der Waals surface area contributed by atoms with Gasteiger partial charge in [0.1, 0.15) is 5.75 Å². The second-order valence-electron chi connectivity index (χ2n) is 10.4. The first-order valence-electron chi connectivity index (χ1n) is 13.9. The van der Waals surface area contributed by atoms with Crippen LogP contribution in [-0.4, -0.2) is 59.4 Å². The minimum Gasteiger partial charge on any atom is -0.507 e. The van der Waals surface area contributed by atoms with Gasteiger partial charge in [0.05, 0.1) is 17.6 Å². The Labute approximate surface area is 233 Å². The predicted octanol–water partition coefficient (Wildman–Crippen LogP) is 3.11. The second kappa shape index (κ2) is 12.8. The Kier molecular flexibility index (Phi) is 8.83. The van der Waals surface area contributed by atoms with Crippen molar-refractivity contribution in [2.75, 3.05) is 19.6 Å². The van der Waals surface area contributed by atoms with Crippen LogP contribution in [0.3, 0.4) is 0 Å². The molecule has 3 aromatic rings. The number of benzene rings is 2. The molecule has 5 N–H and O–H groups in total. The van der Waals surface area contributed by atoms with E-state index in [-0.39, 0.29) is 47.0 Å². The molecule has 208 valence electrons. The molecule has 2 saturated heterocycles. The summed E-state index contributed by atoms with van der Waals surface area (Å²) >= 11 is 0. The fraction of sp³-hybridized carbons (Fsp3) is 0.355. The zero-order chi connectivity index (χ0) is 27.9. The summed E-state index contributed by atoms with van der Waals surface area (Å²) in [5, 5.41) is 23.3. The molecule has 9 nitrogen and oxygen atoms in total. The van der Waals surface area contributed by atoms with Gasteiger partial charge in [0.15, 0.2) is 5.78 Å². The Morgan fingerprint density at radius 3 is 2.20 bits per heavy atom. The van der Waals surface area contributed by atoms with Gasteiger partial charge in [0.2, 0.25) is 0 Å². The van der Waals surface area contributed by atoms with Crippen LogP contribution in [0.15, 0.2) is 67.0 Å². The van der Waals surface area contributed by atoms with Gasteiger partial charge in [-0.3, -0.25) is 19.4 Å². The highest BCUT2D eigenvalue weighted by Gasteiger charge is 2.27. The number of amides is 2. The molecule has 3 heterocycles. The smallest absolute Gasteiger partial charge is 0.251 e. The van der Waals surface area contributed by atoms with Gasteiger partial charge >= 0.3 is 0 Å². The highest BCUT2D eigenvalue weighted by molar-refractivity contribution is 6.11. The number of carbonyl (C=O) groups excluding carboxylic acids is 3. The largest absolute Gasteiger partial charge is 0.507 e. The number of aromatic hydroxyl groups is 1. The van der Waals surface area contributed by atoms with Crippen LogP contribution >= 0.6 is 0 Å². The molecule has 2 aliphatic heterocycles. The summed E-state index contributed by atoms with van der Waals surface area (Å²) in [6, 6.07) is 14.6. The lowest BCUT2D eigenvalue weighted by atomic mass is 9.93. The number of nitrogens with one attached hydrogen (secondary N) is 4. The van der Waals surface area contributed by atoms with Gasteiger partial charge < -0.3 is 26.4 Å². The molecular formula is C31H35N5O4. The van der Waals surface area contributed by atoms with Crippen LogP contribution in [-0.2, 0) is 0 Å². The van der Waals surface area contributed by atoms with Crippen LogP contribution in [0, 0.1) is 0 Å². The van der Waals surface area contributed by atoms with Crippen LogP contribution in [0.25, 0.3) is 0 Å². The van der Waals surface area contributed by atoms with Crippen LogP contribution in [0.4, 0.5) is 0 Å². The molecule has 0 spiro atoms. The second-order valence-corrected chi connectivity index (χ2v) is 10.4. The van der Waals surface area contributed by atoms with E-state index in [9.17, 15) is 19.5 Å². The van der Waals surface area contributed by atoms with Crippen molar-refractivity contribution in [1.82, 2.24) is 26.3 Å². The molecule has 0 aliphatic carbocycles. The number of pyridine rings is 1. The van der Waals surface area contributed by atoms with Crippen LogP contribution < -0.4 is 21.3 Å². The summed E-state index contributed by atoms with van der Waals surface area (Å²) in [5.74, 6) is -0.851. The summed E-state index contributed by atoms with van der Waals surface area (Å²) in [4.78, 5) is 43.1. The van der Waals surface area contributed by atoms with E-state index < -0.39 is 0 Å². The summed E-state index contributed by atoms with van der Waals surface area (Å²) < 4.78 is 0. The number of aromatic nitrogens is 1. The lowest BCUT2D eigenvalue weighted by Gasteiger charge is -2.27. The fourth-order valence-corrected chi connectivity index (χ4v) is 5.40. The molecule has 40 heavy (non-hydrogen) atoms. The van der Waals surface area contributed by atoms with E-state index in [1.165, 1.54) is 0 Å². The summed E-state index contributed by atoms with van der Waals surface area (Å²) in [6.07, 6.45) is 7.97. The third-order valence-electron chi connectivity index (χ3n) is 7.68. The lowest BCUT2D eigenvalue weighted by Crippen LogP contribution is -2.54. The Morgan fingerprint density at radius 1 is 0.775 bits per heavy atom. The van der Waals surface area contributed by atoms with Crippen LogP contribution in [0.2, 0.25) is 0 Å². The van der Waals surface area contributed by atoms with Crippen molar-refractivity contribution in [2.24, 2.45) is 0 Å². The van der Waals surface area contributed by atoms with Crippen LogP contribution in [0.1, 0.15) is 80.3 Å².